The average Bonchev–Trinajstić information content (AvgIpc) is 2.92. The molecule has 0 atom stereocenters. The second kappa shape index (κ2) is 12.2. The van der Waals surface area contributed by atoms with Crippen LogP contribution in [-0.4, -0.2) is 36.4 Å². The number of ether oxygens (including phenoxy) is 1. The second-order valence-corrected chi connectivity index (χ2v) is 13.1. The Bertz CT molecular complexity index is 1780. The molecular weight excluding hydrogens is 586 g/mol. The standard InChI is InChI=1S/C29H28ClN3O6S2/c1-20-8-17-28(39-3)26(18-20)32-40(35,36)24-15-11-23(12-16-24)31-29(34)19-33(27-7-5-4-6-21(27)2)41(37,38)25-13-9-22(30)10-14-25/h4-18,32H,19H2,1-3H3,(H,31,34). The van der Waals surface area contributed by atoms with Crippen molar-refractivity contribution in [2.45, 2.75) is 23.6 Å². The Morgan fingerprint density at radius 1 is 0.854 bits per heavy atom. The van der Waals surface area contributed by atoms with Crippen LogP contribution in [-0.2, 0) is 24.8 Å². The Morgan fingerprint density at radius 2 is 1.49 bits per heavy atom. The summed E-state index contributed by atoms with van der Waals surface area (Å²) in [5, 5.41) is 3.02. The van der Waals surface area contributed by atoms with Crippen molar-refractivity contribution in [1.82, 2.24) is 0 Å². The smallest absolute Gasteiger partial charge is 0.264 e. The van der Waals surface area contributed by atoms with Gasteiger partial charge in [0.15, 0.2) is 0 Å². The second-order valence-electron chi connectivity index (χ2n) is 9.13. The number of anilines is 3. The van der Waals surface area contributed by atoms with Crippen molar-refractivity contribution in [3.63, 3.8) is 0 Å². The summed E-state index contributed by atoms with van der Waals surface area (Å²) >= 11 is 5.94. The summed E-state index contributed by atoms with van der Waals surface area (Å²) < 4.78 is 61.9. The van der Waals surface area contributed by atoms with E-state index in [2.05, 4.69) is 10.0 Å². The highest BCUT2D eigenvalue weighted by molar-refractivity contribution is 7.93. The monoisotopic (exact) mass is 613 g/mol. The molecule has 0 radical (unpaired) electrons. The third-order valence-corrected chi connectivity index (χ3v) is 9.53. The van der Waals surface area contributed by atoms with Crippen LogP contribution >= 0.6 is 11.6 Å². The highest BCUT2D eigenvalue weighted by Crippen LogP contribution is 2.29. The van der Waals surface area contributed by atoms with Gasteiger partial charge in [0.25, 0.3) is 20.0 Å². The zero-order valence-corrected chi connectivity index (χ0v) is 24.8. The molecule has 0 saturated heterocycles. The van der Waals surface area contributed by atoms with Gasteiger partial charge in [0.1, 0.15) is 12.3 Å². The van der Waals surface area contributed by atoms with Crippen molar-refractivity contribution in [2.75, 3.05) is 28.0 Å². The Balaban J connectivity index is 1.54. The quantitative estimate of drug-likeness (QED) is 0.240. The molecule has 12 heteroatoms. The molecule has 9 nitrogen and oxygen atoms in total. The van der Waals surface area contributed by atoms with Gasteiger partial charge in [-0.15, -0.1) is 0 Å². The van der Waals surface area contributed by atoms with Gasteiger partial charge in [0.05, 0.1) is 28.3 Å². The van der Waals surface area contributed by atoms with Gasteiger partial charge in [0, 0.05) is 10.7 Å². The van der Waals surface area contributed by atoms with E-state index < -0.39 is 32.5 Å². The van der Waals surface area contributed by atoms with Gasteiger partial charge in [0.2, 0.25) is 5.91 Å². The fourth-order valence-electron chi connectivity index (χ4n) is 4.03. The Labute approximate surface area is 244 Å². The van der Waals surface area contributed by atoms with E-state index in [0.717, 1.165) is 9.87 Å². The van der Waals surface area contributed by atoms with E-state index in [-0.39, 0.29) is 15.5 Å². The summed E-state index contributed by atoms with van der Waals surface area (Å²) in [6.07, 6.45) is 0. The molecule has 0 saturated carbocycles. The first-order valence-corrected chi connectivity index (χ1v) is 15.6. The summed E-state index contributed by atoms with van der Waals surface area (Å²) in [6.45, 7) is 3.05. The molecule has 4 rings (SSSR count). The number of methoxy groups -OCH3 is 1. The number of amides is 1. The van der Waals surface area contributed by atoms with Crippen molar-refractivity contribution in [3.05, 3.63) is 107 Å². The first-order valence-electron chi connectivity index (χ1n) is 12.3. The van der Waals surface area contributed by atoms with Crippen molar-refractivity contribution < 1.29 is 26.4 Å². The summed E-state index contributed by atoms with van der Waals surface area (Å²) in [5.41, 5.74) is 2.43. The maximum Gasteiger partial charge on any atom is 0.264 e. The lowest BCUT2D eigenvalue weighted by atomic mass is 10.2. The minimum absolute atomic E-state index is 0.0229. The summed E-state index contributed by atoms with van der Waals surface area (Å²) in [6, 6.07) is 23.1. The number of para-hydroxylation sites is 1. The number of hydrogen-bond acceptors (Lipinski definition) is 6. The fourth-order valence-corrected chi connectivity index (χ4v) is 6.70. The molecule has 0 spiro atoms. The Hall–Kier alpha value is -4.06. The fraction of sp³-hybridized carbons (Fsp3) is 0.138. The number of rotatable bonds is 10. The molecule has 214 valence electrons. The normalized spacial score (nSPS) is 11.5. The number of aryl methyl sites for hydroxylation is 2. The molecule has 2 N–H and O–H groups in total. The minimum Gasteiger partial charge on any atom is -0.495 e. The first-order chi connectivity index (χ1) is 19.4. The van der Waals surface area contributed by atoms with Crippen LogP contribution < -0.4 is 19.1 Å². The lowest BCUT2D eigenvalue weighted by Crippen LogP contribution is -2.38. The van der Waals surface area contributed by atoms with E-state index in [4.69, 9.17) is 16.3 Å². The third-order valence-electron chi connectivity index (χ3n) is 6.12. The Kier molecular flexibility index (Phi) is 8.91. The number of carbonyl (C=O) groups excluding carboxylic acids is 1. The maximum absolute atomic E-state index is 13.6. The maximum atomic E-state index is 13.6. The molecule has 4 aromatic rings. The molecule has 41 heavy (non-hydrogen) atoms. The molecule has 0 aliphatic rings. The van der Waals surface area contributed by atoms with Crippen LogP contribution in [0.2, 0.25) is 5.02 Å². The van der Waals surface area contributed by atoms with Crippen molar-refractivity contribution in [3.8, 4) is 5.75 Å². The number of carbonyl (C=O) groups is 1. The average molecular weight is 614 g/mol. The van der Waals surface area contributed by atoms with Crippen molar-refractivity contribution >= 4 is 54.6 Å². The predicted molar refractivity (Wildman–Crippen MR) is 161 cm³/mol. The summed E-state index contributed by atoms with van der Waals surface area (Å²) in [5.74, 6) is -0.251. The van der Waals surface area contributed by atoms with Crippen LogP contribution in [0.15, 0.2) is 101 Å². The number of sulfonamides is 2. The molecule has 1 amide bonds. The van der Waals surface area contributed by atoms with Crippen molar-refractivity contribution in [1.29, 1.82) is 0 Å². The number of nitrogens with zero attached hydrogens (tertiary/aromatic N) is 1. The largest absolute Gasteiger partial charge is 0.495 e. The van der Waals surface area contributed by atoms with Gasteiger partial charge in [-0.05, 0) is 91.7 Å². The first kappa shape index (κ1) is 29.9. The van der Waals surface area contributed by atoms with E-state index in [1.54, 1.807) is 49.4 Å². The highest BCUT2D eigenvalue weighted by atomic mass is 35.5. The van der Waals surface area contributed by atoms with Crippen molar-refractivity contribution in [2.24, 2.45) is 0 Å². The van der Waals surface area contributed by atoms with Crippen LogP contribution in [0.4, 0.5) is 17.1 Å². The number of hydrogen-bond donors (Lipinski definition) is 2. The molecular formula is C29H28ClN3O6S2. The predicted octanol–water partition coefficient (Wildman–Crippen LogP) is 5.60. The summed E-state index contributed by atoms with van der Waals surface area (Å²) in [4.78, 5) is 13.0. The van der Waals surface area contributed by atoms with Crippen LogP contribution in [0, 0.1) is 13.8 Å². The minimum atomic E-state index is -4.13. The molecule has 0 bridgehead atoms. The van der Waals surface area contributed by atoms with Gasteiger partial charge in [-0.3, -0.25) is 13.8 Å². The van der Waals surface area contributed by atoms with Crippen LogP contribution in [0.25, 0.3) is 0 Å². The molecule has 0 aliphatic heterocycles. The van der Waals surface area contributed by atoms with E-state index in [0.29, 0.717) is 27.7 Å². The molecule has 0 fully saturated rings. The Morgan fingerprint density at radius 3 is 2.12 bits per heavy atom. The number of nitrogens with one attached hydrogen (secondary N) is 2. The van der Waals surface area contributed by atoms with Crippen LogP contribution in [0.5, 0.6) is 5.75 Å². The zero-order valence-electron chi connectivity index (χ0n) is 22.5. The van der Waals surface area contributed by atoms with E-state index >= 15 is 0 Å². The van der Waals surface area contributed by atoms with Gasteiger partial charge >= 0.3 is 0 Å². The van der Waals surface area contributed by atoms with Gasteiger partial charge in [-0.1, -0.05) is 35.9 Å². The van der Waals surface area contributed by atoms with Gasteiger partial charge in [-0.2, -0.15) is 0 Å². The lowest BCUT2D eigenvalue weighted by Gasteiger charge is -2.25. The van der Waals surface area contributed by atoms with E-state index in [1.807, 2.05) is 6.92 Å². The van der Waals surface area contributed by atoms with Crippen LogP contribution in [0.3, 0.4) is 0 Å². The molecule has 0 heterocycles. The van der Waals surface area contributed by atoms with Gasteiger partial charge < -0.3 is 10.1 Å². The topological polar surface area (TPSA) is 122 Å². The lowest BCUT2D eigenvalue weighted by molar-refractivity contribution is -0.114. The summed E-state index contributed by atoms with van der Waals surface area (Å²) in [7, 11) is -6.64. The third kappa shape index (κ3) is 6.99. The zero-order chi connectivity index (χ0) is 29.8. The molecule has 0 aliphatic carbocycles. The number of halogens is 1. The van der Waals surface area contributed by atoms with Crippen LogP contribution in [0.1, 0.15) is 11.1 Å². The molecule has 4 aromatic carbocycles. The van der Waals surface area contributed by atoms with Gasteiger partial charge in [-0.25, -0.2) is 16.8 Å². The molecule has 0 unspecified atom stereocenters. The van der Waals surface area contributed by atoms with E-state index in [1.165, 1.54) is 55.6 Å². The van der Waals surface area contributed by atoms with E-state index in [9.17, 15) is 21.6 Å². The molecule has 0 aromatic heterocycles. The highest BCUT2D eigenvalue weighted by Gasteiger charge is 2.28. The SMILES string of the molecule is COc1ccc(C)cc1NS(=O)(=O)c1ccc(NC(=O)CN(c2ccccc2C)S(=O)(=O)c2ccc(Cl)cc2)cc1. The number of benzene rings is 4.